The van der Waals surface area contributed by atoms with Gasteiger partial charge in [0, 0.05) is 14.0 Å². The van der Waals surface area contributed by atoms with Crippen LogP contribution in [0.5, 0.6) is 0 Å². The maximum Gasteiger partial charge on any atom is 0.123 e. The second-order valence-corrected chi connectivity index (χ2v) is 9.30. The topological polar surface area (TPSA) is 0 Å². The third kappa shape index (κ3) is 4.08. The Morgan fingerprint density at radius 3 is 2.41 bits per heavy atom. The van der Waals surface area contributed by atoms with Crippen LogP contribution in [0.4, 0.5) is 4.39 Å². The Balaban J connectivity index is 1.86. The average Bonchev–Trinajstić information content (AvgIpc) is 3.06. The van der Waals surface area contributed by atoms with E-state index in [1.165, 1.54) is 37.7 Å². The van der Waals surface area contributed by atoms with Crippen LogP contribution in [0.15, 0.2) is 71.7 Å². The van der Waals surface area contributed by atoms with Crippen LogP contribution in [-0.4, -0.2) is 0 Å². The first-order chi connectivity index (χ1) is 14.0. The quantitative estimate of drug-likeness (QED) is 0.278. The Hall–Kier alpha value is -2.23. The molecule has 0 bridgehead atoms. The van der Waals surface area contributed by atoms with Crippen molar-refractivity contribution in [2.45, 2.75) is 26.7 Å². The summed E-state index contributed by atoms with van der Waals surface area (Å²) in [5, 5.41) is 1.28. The van der Waals surface area contributed by atoms with Crippen LogP contribution in [0.1, 0.15) is 39.6 Å². The third-order valence-electron chi connectivity index (χ3n) is 5.35. The molecule has 0 atom stereocenters. The summed E-state index contributed by atoms with van der Waals surface area (Å²) >= 11 is 5.31. The first-order valence-corrected chi connectivity index (χ1v) is 11.3. The fraction of sp³-hybridized carbons (Fsp3) is 0.154. The van der Waals surface area contributed by atoms with Crippen molar-refractivity contribution < 1.29 is 4.39 Å². The molecule has 3 aromatic carbocycles. The smallest absolute Gasteiger partial charge is 0.123 e. The highest BCUT2D eigenvalue weighted by Gasteiger charge is 2.18. The van der Waals surface area contributed by atoms with Crippen LogP contribution in [0.25, 0.3) is 15.7 Å². The highest BCUT2D eigenvalue weighted by atomic mass is 79.9. The largest absolute Gasteiger partial charge is 0.207 e. The minimum atomic E-state index is -0.210. The summed E-state index contributed by atoms with van der Waals surface area (Å²) in [5.41, 5.74) is 6.78. The minimum absolute atomic E-state index is 0.210. The number of benzene rings is 3. The van der Waals surface area contributed by atoms with Crippen molar-refractivity contribution in [3.8, 4) is 0 Å². The summed E-state index contributed by atoms with van der Waals surface area (Å²) in [6.45, 7) is 8.55. The molecule has 0 unspecified atom stereocenters. The number of hydrogen-bond acceptors (Lipinski definition) is 1. The molecule has 0 N–H and O–H groups in total. The van der Waals surface area contributed by atoms with Crippen molar-refractivity contribution in [3.05, 3.63) is 110 Å². The standard InChI is InChI=1S/C26H22BrFS/c1-4-18-7-11-23-24(14-19-5-8-20(27)9-6-19)26(29-25(23)15-18)17(3)22-12-10-21(28)13-16(22)2/h5-13,15H,3-4,14H2,1-2H3. The van der Waals surface area contributed by atoms with E-state index in [0.29, 0.717) is 0 Å². The molecule has 0 aliphatic carbocycles. The Bertz CT molecular complexity index is 1200. The van der Waals surface area contributed by atoms with Crippen LogP contribution in [0.2, 0.25) is 0 Å². The highest BCUT2D eigenvalue weighted by Crippen LogP contribution is 2.40. The zero-order chi connectivity index (χ0) is 20.5. The Kier molecular flexibility index (Phi) is 5.71. The van der Waals surface area contributed by atoms with Gasteiger partial charge in [-0.1, -0.05) is 59.8 Å². The van der Waals surface area contributed by atoms with Crippen molar-refractivity contribution in [2.24, 2.45) is 0 Å². The number of rotatable bonds is 5. The van der Waals surface area contributed by atoms with E-state index in [9.17, 15) is 4.39 Å². The van der Waals surface area contributed by atoms with Crippen molar-refractivity contribution in [2.75, 3.05) is 0 Å². The molecular weight excluding hydrogens is 443 g/mol. The van der Waals surface area contributed by atoms with Gasteiger partial charge in [0.2, 0.25) is 0 Å². The maximum atomic E-state index is 13.6. The van der Waals surface area contributed by atoms with Crippen LogP contribution >= 0.6 is 27.3 Å². The van der Waals surface area contributed by atoms with E-state index in [4.69, 9.17) is 0 Å². The maximum absolute atomic E-state index is 13.6. The lowest BCUT2D eigenvalue weighted by Crippen LogP contribution is -1.95. The number of aryl methyl sites for hydroxylation is 2. The fourth-order valence-electron chi connectivity index (χ4n) is 3.73. The average molecular weight is 465 g/mol. The molecule has 0 aliphatic rings. The predicted molar refractivity (Wildman–Crippen MR) is 127 cm³/mol. The van der Waals surface area contributed by atoms with Gasteiger partial charge < -0.3 is 0 Å². The molecule has 0 fully saturated rings. The van der Waals surface area contributed by atoms with E-state index in [0.717, 1.165) is 34.0 Å². The molecule has 146 valence electrons. The molecule has 0 saturated carbocycles. The van der Waals surface area contributed by atoms with E-state index < -0.39 is 0 Å². The lowest BCUT2D eigenvalue weighted by Gasteiger charge is -2.11. The SMILES string of the molecule is C=C(c1ccc(F)cc1C)c1sc2cc(CC)ccc2c1Cc1ccc(Br)cc1. The molecule has 0 nitrogen and oxygen atoms in total. The third-order valence-corrected chi connectivity index (χ3v) is 7.13. The number of halogens is 2. The summed E-state index contributed by atoms with van der Waals surface area (Å²) in [6.07, 6.45) is 1.86. The first-order valence-electron chi connectivity index (χ1n) is 9.70. The highest BCUT2D eigenvalue weighted by molar-refractivity contribution is 9.10. The molecule has 0 aliphatic heterocycles. The van der Waals surface area contributed by atoms with E-state index in [1.54, 1.807) is 17.4 Å². The van der Waals surface area contributed by atoms with Crippen LogP contribution < -0.4 is 0 Å². The molecule has 29 heavy (non-hydrogen) atoms. The van der Waals surface area contributed by atoms with E-state index in [-0.39, 0.29) is 5.82 Å². The molecular formula is C26H22BrFS. The molecule has 4 rings (SSSR count). The summed E-state index contributed by atoms with van der Waals surface area (Å²) in [6, 6.07) is 20.2. The van der Waals surface area contributed by atoms with Gasteiger partial charge in [0.05, 0.1) is 0 Å². The van der Waals surface area contributed by atoms with Crippen molar-refractivity contribution in [1.29, 1.82) is 0 Å². The van der Waals surface area contributed by atoms with Crippen LogP contribution in [-0.2, 0) is 12.8 Å². The Morgan fingerprint density at radius 1 is 1.00 bits per heavy atom. The van der Waals surface area contributed by atoms with Gasteiger partial charge in [0.15, 0.2) is 0 Å². The van der Waals surface area contributed by atoms with Crippen LogP contribution in [0, 0.1) is 12.7 Å². The van der Waals surface area contributed by atoms with E-state index >= 15 is 0 Å². The zero-order valence-corrected chi connectivity index (χ0v) is 19.0. The Morgan fingerprint density at radius 2 is 1.72 bits per heavy atom. The van der Waals surface area contributed by atoms with Crippen molar-refractivity contribution >= 4 is 42.9 Å². The molecule has 1 aromatic heterocycles. The second-order valence-electron chi connectivity index (χ2n) is 7.33. The lowest BCUT2D eigenvalue weighted by atomic mass is 9.94. The summed E-state index contributed by atoms with van der Waals surface area (Å²) < 4.78 is 16.0. The van der Waals surface area contributed by atoms with Crippen LogP contribution in [0.3, 0.4) is 0 Å². The van der Waals surface area contributed by atoms with E-state index in [2.05, 4.69) is 71.9 Å². The summed E-state index contributed by atoms with van der Waals surface area (Å²) in [4.78, 5) is 1.19. The Labute approximate surface area is 183 Å². The second kappa shape index (κ2) is 8.25. The fourth-order valence-corrected chi connectivity index (χ4v) is 5.26. The van der Waals surface area contributed by atoms with Gasteiger partial charge in [-0.25, -0.2) is 4.39 Å². The monoisotopic (exact) mass is 464 g/mol. The molecule has 1 heterocycles. The molecule has 0 saturated heterocycles. The molecule has 3 heteroatoms. The molecule has 4 aromatic rings. The minimum Gasteiger partial charge on any atom is -0.207 e. The lowest BCUT2D eigenvalue weighted by molar-refractivity contribution is 0.626. The molecule has 0 amide bonds. The summed E-state index contributed by atoms with van der Waals surface area (Å²) in [5.74, 6) is -0.210. The number of fused-ring (bicyclic) bond motifs is 1. The molecule has 0 radical (unpaired) electrons. The van der Waals surface area contributed by atoms with Crippen molar-refractivity contribution in [3.63, 3.8) is 0 Å². The van der Waals surface area contributed by atoms with Gasteiger partial charge in [-0.15, -0.1) is 11.3 Å². The van der Waals surface area contributed by atoms with Gasteiger partial charge in [-0.3, -0.25) is 0 Å². The van der Waals surface area contributed by atoms with Gasteiger partial charge in [-0.2, -0.15) is 0 Å². The predicted octanol–water partition coefficient (Wildman–Crippen LogP) is 8.33. The van der Waals surface area contributed by atoms with Gasteiger partial charge in [0.1, 0.15) is 5.82 Å². The van der Waals surface area contributed by atoms with Gasteiger partial charge >= 0.3 is 0 Å². The molecule has 0 spiro atoms. The van der Waals surface area contributed by atoms with Crippen molar-refractivity contribution in [1.82, 2.24) is 0 Å². The van der Waals surface area contributed by atoms with Gasteiger partial charge in [0.25, 0.3) is 0 Å². The van der Waals surface area contributed by atoms with E-state index in [1.807, 2.05) is 13.0 Å². The first kappa shape index (κ1) is 20.1. The normalized spacial score (nSPS) is 11.2. The number of thiophene rings is 1. The summed E-state index contributed by atoms with van der Waals surface area (Å²) in [7, 11) is 0. The van der Waals surface area contributed by atoms with Gasteiger partial charge in [-0.05, 0) is 88.9 Å². The number of hydrogen-bond donors (Lipinski definition) is 0. The zero-order valence-electron chi connectivity index (χ0n) is 16.6.